The molecule has 1 amide bonds. The summed E-state index contributed by atoms with van der Waals surface area (Å²) < 4.78 is 7.36. The van der Waals surface area contributed by atoms with E-state index < -0.39 is 12.6 Å². The molecule has 154 valence electrons. The molecule has 0 saturated heterocycles. The Morgan fingerprint density at radius 3 is 2.70 bits per heavy atom. The van der Waals surface area contributed by atoms with Crippen LogP contribution in [0.4, 0.5) is 5.69 Å². The highest BCUT2D eigenvalue weighted by Crippen LogP contribution is 2.28. The molecule has 0 atom stereocenters. The largest absolute Gasteiger partial charge is 0.482 e. The molecule has 2 aromatic carbocycles. The summed E-state index contributed by atoms with van der Waals surface area (Å²) in [6, 6.07) is 16.6. The van der Waals surface area contributed by atoms with Gasteiger partial charge in [0, 0.05) is 23.9 Å². The van der Waals surface area contributed by atoms with Crippen molar-refractivity contribution in [2.45, 2.75) is 32.2 Å². The number of carbonyl (C=O) groups excluding carboxylic acids is 1. The Morgan fingerprint density at radius 1 is 1.07 bits per heavy atom. The Morgan fingerprint density at radius 2 is 1.90 bits per heavy atom. The lowest BCUT2D eigenvalue weighted by Gasteiger charge is -2.09. The third kappa shape index (κ3) is 4.35. The van der Waals surface area contributed by atoms with Crippen LogP contribution in [-0.2, 0) is 17.8 Å². The lowest BCUT2D eigenvalue weighted by Crippen LogP contribution is -2.15. The molecular formula is C23H23N3O4. The van der Waals surface area contributed by atoms with E-state index in [1.807, 2.05) is 30.3 Å². The van der Waals surface area contributed by atoms with Gasteiger partial charge in [-0.2, -0.15) is 0 Å². The van der Waals surface area contributed by atoms with Crippen LogP contribution in [0.1, 0.15) is 35.4 Å². The topological polar surface area (TPSA) is 93.4 Å². The van der Waals surface area contributed by atoms with Crippen molar-refractivity contribution < 1.29 is 19.4 Å². The van der Waals surface area contributed by atoms with Crippen LogP contribution in [0, 0.1) is 0 Å². The van der Waals surface area contributed by atoms with Gasteiger partial charge < -0.3 is 19.7 Å². The standard InChI is InChI=1S/C23H23N3O4/c27-20(28)15-30-18-11-7-10-17(14-18)24-23(29)21-19-12-5-2-6-13-26(19)22(25-21)16-8-3-1-4-9-16/h1,3-4,7-11,14H,2,5-6,12-13,15H2,(H,24,29)(H,27,28). The van der Waals surface area contributed by atoms with Crippen LogP contribution in [0.5, 0.6) is 5.75 Å². The van der Waals surface area contributed by atoms with Gasteiger partial charge in [-0.05, 0) is 31.4 Å². The molecule has 0 bridgehead atoms. The highest BCUT2D eigenvalue weighted by Gasteiger charge is 2.24. The number of hydrogen-bond donors (Lipinski definition) is 2. The van der Waals surface area contributed by atoms with Crippen molar-refractivity contribution >= 4 is 17.6 Å². The number of aromatic nitrogens is 2. The molecule has 0 spiro atoms. The van der Waals surface area contributed by atoms with E-state index in [-0.39, 0.29) is 5.91 Å². The van der Waals surface area contributed by atoms with E-state index in [1.165, 1.54) is 0 Å². The van der Waals surface area contributed by atoms with Gasteiger partial charge in [-0.15, -0.1) is 0 Å². The maximum atomic E-state index is 13.1. The second-order valence-corrected chi connectivity index (χ2v) is 7.22. The van der Waals surface area contributed by atoms with Gasteiger partial charge in [-0.1, -0.05) is 42.8 Å². The highest BCUT2D eigenvalue weighted by atomic mass is 16.5. The van der Waals surface area contributed by atoms with E-state index in [4.69, 9.17) is 14.8 Å². The fraction of sp³-hybridized carbons (Fsp3) is 0.261. The first kappa shape index (κ1) is 19.7. The molecule has 4 rings (SSSR count). The Balaban J connectivity index is 1.62. The fourth-order valence-corrected chi connectivity index (χ4v) is 3.71. The van der Waals surface area contributed by atoms with Crippen LogP contribution < -0.4 is 10.1 Å². The maximum Gasteiger partial charge on any atom is 0.341 e. The maximum absolute atomic E-state index is 13.1. The fourth-order valence-electron chi connectivity index (χ4n) is 3.71. The number of rotatable bonds is 6. The van der Waals surface area contributed by atoms with Crippen LogP contribution >= 0.6 is 0 Å². The SMILES string of the molecule is O=C(O)COc1cccc(NC(=O)c2nc(-c3ccccc3)n3c2CCCCC3)c1. The van der Waals surface area contributed by atoms with E-state index in [0.29, 0.717) is 17.1 Å². The number of anilines is 1. The van der Waals surface area contributed by atoms with Gasteiger partial charge in [0.05, 0.1) is 5.69 Å². The molecule has 3 aromatic rings. The second kappa shape index (κ2) is 8.82. The molecule has 1 aliphatic rings. The zero-order valence-electron chi connectivity index (χ0n) is 16.5. The third-order valence-corrected chi connectivity index (χ3v) is 5.07. The quantitative estimate of drug-likeness (QED) is 0.647. The lowest BCUT2D eigenvalue weighted by atomic mass is 10.1. The molecule has 7 nitrogen and oxygen atoms in total. The first-order valence-corrected chi connectivity index (χ1v) is 10.0. The number of aliphatic carboxylic acids is 1. The molecule has 0 radical (unpaired) electrons. The summed E-state index contributed by atoms with van der Waals surface area (Å²) in [5.41, 5.74) is 2.91. The van der Waals surface area contributed by atoms with Gasteiger partial charge in [0.15, 0.2) is 6.61 Å². The molecule has 2 heterocycles. The number of imidazole rings is 1. The van der Waals surface area contributed by atoms with Gasteiger partial charge in [0.25, 0.3) is 5.91 Å². The summed E-state index contributed by atoms with van der Waals surface area (Å²) >= 11 is 0. The van der Waals surface area contributed by atoms with Crippen LogP contribution in [0.25, 0.3) is 11.4 Å². The number of benzene rings is 2. The smallest absolute Gasteiger partial charge is 0.341 e. The van der Waals surface area contributed by atoms with Gasteiger partial charge in [0.2, 0.25) is 0 Å². The first-order valence-electron chi connectivity index (χ1n) is 10.0. The molecule has 30 heavy (non-hydrogen) atoms. The van der Waals surface area contributed by atoms with E-state index in [9.17, 15) is 9.59 Å². The van der Waals surface area contributed by atoms with Crippen molar-refractivity contribution in [1.29, 1.82) is 0 Å². The summed E-state index contributed by atoms with van der Waals surface area (Å²) in [5.74, 6) is -0.142. The minimum atomic E-state index is -1.06. The van der Waals surface area contributed by atoms with Gasteiger partial charge in [0.1, 0.15) is 17.3 Å². The Labute approximate surface area is 174 Å². The average molecular weight is 405 g/mol. The van der Waals surface area contributed by atoms with Crippen molar-refractivity contribution in [3.63, 3.8) is 0 Å². The Kier molecular flexibility index (Phi) is 5.79. The summed E-state index contributed by atoms with van der Waals surface area (Å²) in [4.78, 5) is 28.5. The van der Waals surface area contributed by atoms with Crippen molar-refractivity contribution in [3.8, 4) is 17.1 Å². The molecule has 0 fully saturated rings. The first-order chi connectivity index (χ1) is 14.6. The molecule has 1 aliphatic heterocycles. The second-order valence-electron chi connectivity index (χ2n) is 7.22. The normalized spacial score (nSPS) is 13.2. The van der Waals surface area contributed by atoms with Crippen molar-refractivity contribution in [3.05, 3.63) is 66.0 Å². The third-order valence-electron chi connectivity index (χ3n) is 5.07. The van der Waals surface area contributed by atoms with E-state index in [0.717, 1.165) is 49.3 Å². The number of amides is 1. The van der Waals surface area contributed by atoms with Gasteiger partial charge in [-0.3, -0.25) is 4.79 Å². The number of carboxylic acid groups (broad SMARTS) is 1. The Hall–Kier alpha value is -3.61. The number of hydrogen-bond acceptors (Lipinski definition) is 4. The number of nitrogens with one attached hydrogen (secondary N) is 1. The minimum Gasteiger partial charge on any atom is -0.482 e. The molecular weight excluding hydrogens is 382 g/mol. The number of carbonyl (C=O) groups is 2. The van der Waals surface area contributed by atoms with E-state index in [1.54, 1.807) is 24.3 Å². The molecule has 7 heteroatoms. The van der Waals surface area contributed by atoms with Gasteiger partial charge in [-0.25, -0.2) is 9.78 Å². The van der Waals surface area contributed by atoms with Crippen LogP contribution in [0.2, 0.25) is 0 Å². The number of ether oxygens (including phenoxy) is 1. The van der Waals surface area contributed by atoms with Gasteiger partial charge >= 0.3 is 5.97 Å². The van der Waals surface area contributed by atoms with Crippen LogP contribution in [0.3, 0.4) is 0 Å². The summed E-state index contributed by atoms with van der Waals surface area (Å²) in [6.07, 6.45) is 4.02. The van der Waals surface area contributed by atoms with Crippen molar-refractivity contribution in [2.75, 3.05) is 11.9 Å². The van der Waals surface area contributed by atoms with Crippen LogP contribution in [-0.4, -0.2) is 33.1 Å². The molecule has 1 aromatic heterocycles. The minimum absolute atomic E-state index is 0.279. The summed E-state index contributed by atoms with van der Waals surface area (Å²) in [5, 5.41) is 11.6. The summed E-state index contributed by atoms with van der Waals surface area (Å²) in [7, 11) is 0. The predicted octanol–water partition coefficient (Wildman–Crippen LogP) is 3.99. The summed E-state index contributed by atoms with van der Waals surface area (Å²) in [6.45, 7) is 0.407. The van der Waals surface area contributed by atoms with Crippen molar-refractivity contribution in [1.82, 2.24) is 9.55 Å². The van der Waals surface area contributed by atoms with Crippen LogP contribution in [0.15, 0.2) is 54.6 Å². The number of fused-ring (bicyclic) bond motifs is 1. The van der Waals surface area contributed by atoms with Crippen molar-refractivity contribution in [2.24, 2.45) is 0 Å². The molecule has 0 unspecified atom stereocenters. The average Bonchev–Trinajstić information content (AvgIpc) is 2.94. The monoisotopic (exact) mass is 405 g/mol. The number of nitrogens with zero attached hydrogens (tertiary/aromatic N) is 2. The highest BCUT2D eigenvalue weighted by molar-refractivity contribution is 6.04. The van der Waals surface area contributed by atoms with E-state index in [2.05, 4.69) is 9.88 Å². The Bertz CT molecular complexity index is 1060. The molecule has 0 saturated carbocycles. The molecule has 0 aliphatic carbocycles. The zero-order valence-corrected chi connectivity index (χ0v) is 16.5. The van der Waals surface area contributed by atoms with E-state index >= 15 is 0 Å². The predicted molar refractivity (Wildman–Crippen MR) is 113 cm³/mol. The molecule has 2 N–H and O–H groups in total. The zero-order chi connectivity index (χ0) is 20.9. The number of carboxylic acids is 1. The lowest BCUT2D eigenvalue weighted by molar-refractivity contribution is -0.139.